The normalized spacial score (nSPS) is 23.4. The van der Waals surface area contributed by atoms with Gasteiger partial charge < -0.3 is 5.32 Å². The first-order valence-corrected chi connectivity index (χ1v) is 5.25. The maximum Gasteiger partial charge on any atom is 0.237 e. The minimum Gasteiger partial charge on any atom is -0.358 e. The van der Waals surface area contributed by atoms with Crippen LogP contribution in [0.4, 0.5) is 0 Å². The number of hydrogen-bond acceptors (Lipinski definition) is 2. The largest absolute Gasteiger partial charge is 0.358 e. The van der Waals surface area contributed by atoms with Crippen molar-refractivity contribution < 1.29 is 4.79 Å². The second-order valence-corrected chi connectivity index (χ2v) is 3.66. The molecule has 1 saturated heterocycles. The summed E-state index contributed by atoms with van der Waals surface area (Å²) in [4.78, 5) is 13.7. The van der Waals surface area contributed by atoms with Crippen LogP contribution in [0.2, 0.25) is 0 Å². The van der Waals surface area contributed by atoms with Crippen LogP contribution in [0.25, 0.3) is 0 Å². The average Bonchev–Trinajstić information content (AvgIpc) is 2.61. The second-order valence-electron chi connectivity index (χ2n) is 3.66. The first-order chi connectivity index (χ1) is 6.29. The molecule has 1 aliphatic rings. The third-order valence-corrected chi connectivity index (χ3v) is 2.71. The molecule has 1 fully saturated rings. The van der Waals surface area contributed by atoms with Crippen LogP contribution >= 0.6 is 0 Å². The van der Waals surface area contributed by atoms with Crippen LogP contribution in [0.3, 0.4) is 0 Å². The fraction of sp³-hybridized carbons (Fsp3) is 0.900. The maximum atomic E-state index is 11.4. The van der Waals surface area contributed by atoms with Gasteiger partial charge in [0.1, 0.15) is 0 Å². The lowest BCUT2D eigenvalue weighted by Crippen LogP contribution is -2.42. The summed E-state index contributed by atoms with van der Waals surface area (Å²) in [6.45, 7) is 4.36. The van der Waals surface area contributed by atoms with Crippen molar-refractivity contribution in [2.24, 2.45) is 0 Å². The first kappa shape index (κ1) is 10.5. The summed E-state index contributed by atoms with van der Waals surface area (Å²) < 4.78 is 0. The molecule has 0 bridgehead atoms. The number of hydrogen-bond donors (Lipinski definition) is 1. The van der Waals surface area contributed by atoms with E-state index in [-0.39, 0.29) is 11.9 Å². The molecule has 1 atom stereocenters. The van der Waals surface area contributed by atoms with E-state index in [0.29, 0.717) is 0 Å². The highest BCUT2D eigenvalue weighted by Crippen LogP contribution is 2.17. The number of rotatable bonds is 4. The molecule has 0 aromatic carbocycles. The fourth-order valence-corrected chi connectivity index (χ4v) is 1.92. The van der Waals surface area contributed by atoms with Gasteiger partial charge in [-0.05, 0) is 32.4 Å². The van der Waals surface area contributed by atoms with E-state index in [1.165, 1.54) is 19.3 Å². The Morgan fingerprint density at radius 3 is 3.00 bits per heavy atom. The quantitative estimate of drug-likeness (QED) is 0.707. The molecule has 0 aromatic heterocycles. The molecule has 3 heteroatoms. The van der Waals surface area contributed by atoms with Crippen LogP contribution in [-0.2, 0) is 4.79 Å². The van der Waals surface area contributed by atoms with Gasteiger partial charge in [-0.2, -0.15) is 0 Å². The van der Waals surface area contributed by atoms with Gasteiger partial charge in [0.2, 0.25) is 5.91 Å². The van der Waals surface area contributed by atoms with E-state index < -0.39 is 0 Å². The lowest BCUT2D eigenvalue weighted by molar-refractivity contribution is -0.124. The average molecular weight is 184 g/mol. The van der Waals surface area contributed by atoms with Crippen LogP contribution in [0, 0.1) is 0 Å². The molecule has 3 nitrogen and oxygen atoms in total. The fourth-order valence-electron chi connectivity index (χ4n) is 1.92. The van der Waals surface area contributed by atoms with Crippen LogP contribution in [0.15, 0.2) is 0 Å². The van der Waals surface area contributed by atoms with E-state index in [9.17, 15) is 4.79 Å². The van der Waals surface area contributed by atoms with Gasteiger partial charge in [0.25, 0.3) is 0 Å². The number of carbonyl (C=O) groups excluding carboxylic acids is 1. The zero-order valence-electron chi connectivity index (χ0n) is 8.68. The smallest absolute Gasteiger partial charge is 0.237 e. The standard InChI is InChI=1S/C10H20N2O/c1-3-4-7-12-8-5-6-9(12)10(13)11-2/h9H,3-8H2,1-2H3,(H,11,13). The van der Waals surface area contributed by atoms with E-state index in [0.717, 1.165) is 19.5 Å². The Hall–Kier alpha value is -0.570. The Morgan fingerprint density at radius 2 is 2.38 bits per heavy atom. The van der Waals surface area contributed by atoms with Crippen molar-refractivity contribution in [2.75, 3.05) is 20.1 Å². The summed E-state index contributed by atoms with van der Waals surface area (Å²) in [5, 5.41) is 2.73. The minimum absolute atomic E-state index is 0.150. The van der Waals surface area contributed by atoms with Crippen LogP contribution in [0.1, 0.15) is 32.6 Å². The zero-order valence-corrected chi connectivity index (χ0v) is 8.68. The third-order valence-electron chi connectivity index (χ3n) is 2.71. The summed E-state index contributed by atoms with van der Waals surface area (Å²) in [6, 6.07) is 0.150. The van der Waals surface area contributed by atoms with Crippen molar-refractivity contribution in [3.63, 3.8) is 0 Å². The molecular weight excluding hydrogens is 164 g/mol. The van der Waals surface area contributed by atoms with Gasteiger partial charge in [0, 0.05) is 7.05 Å². The van der Waals surface area contributed by atoms with E-state index in [2.05, 4.69) is 17.1 Å². The van der Waals surface area contributed by atoms with Gasteiger partial charge >= 0.3 is 0 Å². The van der Waals surface area contributed by atoms with Gasteiger partial charge in [-0.3, -0.25) is 9.69 Å². The highest BCUT2D eigenvalue weighted by atomic mass is 16.2. The van der Waals surface area contributed by atoms with Crippen LogP contribution in [-0.4, -0.2) is 37.0 Å². The summed E-state index contributed by atoms with van der Waals surface area (Å²) >= 11 is 0. The molecule has 1 heterocycles. The van der Waals surface area contributed by atoms with Gasteiger partial charge in [-0.1, -0.05) is 13.3 Å². The molecule has 76 valence electrons. The minimum atomic E-state index is 0.150. The van der Waals surface area contributed by atoms with Crippen LogP contribution in [0.5, 0.6) is 0 Å². The lowest BCUT2D eigenvalue weighted by Gasteiger charge is -2.22. The number of likely N-dealkylation sites (tertiary alicyclic amines) is 1. The molecule has 13 heavy (non-hydrogen) atoms. The van der Waals surface area contributed by atoms with Crippen molar-refractivity contribution in [1.82, 2.24) is 10.2 Å². The third kappa shape index (κ3) is 2.69. The Labute approximate surface area is 80.5 Å². The highest BCUT2D eigenvalue weighted by molar-refractivity contribution is 5.81. The number of nitrogens with one attached hydrogen (secondary N) is 1. The van der Waals surface area contributed by atoms with Gasteiger partial charge in [-0.15, -0.1) is 0 Å². The summed E-state index contributed by atoms with van der Waals surface area (Å²) in [5.41, 5.74) is 0. The number of carbonyl (C=O) groups is 1. The van der Waals surface area contributed by atoms with E-state index in [1.54, 1.807) is 7.05 Å². The molecular formula is C10H20N2O. The Bertz CT molecular complexity index is 170. The van der Waals surface area contributed by atoms with Crippen LogP contribution < -0.4 is 5.32 Å². The van der Waals surface area contributed by atoms with Gasteiger partial charge in [0.15, 0.2) is 0 Å². The molecule has 1 amide bonds. The second kappa shape index (κ2) is 5.22. The number of unbranched alkanes of at least 4 members (excludes halogenated alkanes) is 1. The predicted octanol–water partition coefficient (Wildman–Crippen LogP) is 0.997. The zero-order chi connectivity index (χ0) is 9.68. The molecule has 1 rings (SSSR count). The number of nitrogens with zero attached hydrogens (tertiary/aromatic N) is 1. The first-order valence-electron chi connectivity index (χ1n) is 5.25. The highest BCUT2D eigenvalue weighted by Gasteiger charge is 2.28. The summed E-state index contributed by atoms with van der Waals surface area (Å²) in [7, 11) is 1.72. The molecule has 0 radical (unpaired) electrons. The van der Waals surface area contributed by atoms with E-state index in [4.69, 9.17) is 0 Å². The van der Waals surface area contributed by atoms with E-state index >= 15 is 0 Å². The SMILES string of the molecule is CCCCN1CCCC1C(=O)NC. The molecule has 1 N–H and O–H groups in total. The molecule has 0 saturated carbocycles. The molecule has 0 aromatic rings. The number of likely N-dealkylation sites (N-methyl/N-ethyl adjacent to an activating group) is 1. The monoisotopic (exact) mass is 184 g/mol. The molecule has 0 aliphatic carbocycles. The van der Waals surface area contributed by atoms with Crippen molar-refractivity contribution >= 4 is 5.91 Å². The molecule has 1 aliphatic heterocycles. The topological polar surface area (TPSA) is 32.3 Å². The Balaban J connectivity index is 2.39. The predicted molar refractivity (Wildman–Crippen MR) is 53.6 cm³/mol. The van der Waals surface area contributed by atoms with Crippen molar-refractivity contribution in [3.05, 3.63) is 0 Å². The van der Waals surface area contributed by atoms with E-state index in [1.807, 2.05) is 0 Å². The summed E-state index contributed by atoms with van der Waals surface area (Å²) in [6.07, 6.45) is 4.61. The molecule has 0 spiro atoms. The summed E-state index contributed by atoms with van der Waals surface area (Å²) in [5.74, 6) is 0.189. The maximum absolute atomic E-state index is 11.4. The molecule has 1 unspecified atom stereocenters. The Kier molecular flexibility index (Phi) is 4.22. The van der Waals surface area contributed by atoms with Crippen molar-refractivity contribution in [2.45, 2.75) is 38.6 Å². The van der Waals surface area contributed by atoms with Gasteiger partial charge in [0.05, 0.1) is 6.04 Å². The Morgan fingerprint density at radius 1 is 1.62 bits per heavy atom. The number of amides is 1. The van der Waals surface area contributed by atoms with Gasteiger partial charge in [-0.25, -0.2) is 0 Å². The lowest BCUT2D eigenvalue weighted by atomic mass is 10.2. The van der Waals surface area contributed by atoms with Crippen molar-refractivity contribution in [3.8, 4) is 0 Å². The van der Waals surface area contributed by atoms with Crippen molar-refractivity contribution in [1.29, 1.82) is 0 Å².